The molecule has 0 fully saturated rings. The Bertz CT molecular complexity index is 535. The van der Waals surface area contributed by atoms with Crippen molar-refractivity contribution in [3.63, 3.8) is 0 Å². The topological polar surface area (TPSA) is 30.7 Å². The second-order valence-electron chi connectivity index (χ2n) is 4.46. The molecule has 0 unspecified atom stereocenters. The van der Waals surface area contributed by atoms with E-state index >= 15 is 0 Å². The van der Waals surface area contributed by atoms with Crippen LogP contribution in [0.4, 0.5) is 0 Å². The Morgan fingerprint density at radius 1 is 1.28 bits per heavy atom. The van der Waals surface area contributed by atoms with Crippen molar-refractivity contribution in [2.24, 2.45) is 0 Å². The van der Waals surface area contributed by atoms with E-state index in [-0.39, 0.29) is 0 Å². The molecular formula is C13H15Cl2N3. The summed E-state index contributed by atoms with van der Waals surface area (Å²) in [7, 11) is 0. The molecule has 1 aromatic heterocycles. The summed E-state index contributed by atoms with van der Waals surface area (Å²) < 4.78 is 1.88. The molecule has 1 aromatic carbocycles. The van der Waals surface area contributed by atoms with Crippen molar-refractivity contribution in [3.05, 3.63) is 46.2 Å². The van der Waals surface area contributed by atoms with Crippen LogP contribution in [0.3, 0.4) is 0 Å². The monoisotopic (exact) mass is 283 g/mol. The molecule has 0 bridgehead atoms. The summed E-state index contributed by atoms with van der Waals surface area (Å²) >= 11 is 12.0. The minimum absolute atomic E-state index is 0.330. The Labute approximate surface area is 117 Å². The maximum absolute atomic E-state index is 6.16. The first kappa shape index (κ1) is 13.4. The van der Waals surface area contributed by atoms with Crippen molar-refractivity contribution < 1.29 is 0 Å². The lowest BCUT2D eigenvalue weighted by Gasteiger charge is -2.11. The molecule has 5 heteroatoms. The molecule has 0 amide bonds. The molecular weight excluding hydrogens is 269 g/mol. The van der Waals surface area contributed by atoms with Crippen LogP contribution in [0.2, 0.25) is 5.02 Å². The molecule has 18 heavy (non-hydrogen) atoms. The molecule has 2 rings (SSSR count). The second-order valence-corrected chi connectivity index (χ2v) is 5.13. The third-order valence-corrected chi connectivity index (χ3v) is 3.42. The van der Waals surface area contributed by atoms with Crippen molar-refractivity contribution in [3.8, 4) is 0 Å². The summed E-state index contributed by atoms with van der Waals surface area (Å²) in [5.41, 5.74) is 2.95. The quantitative estimate of drug-likeness (QED) is 0.798. The van der Waals surface area contributed by atoms with Gasteiger partial charge in [0.05, 0.1) is 18.1 Å². The Morgan fingerprint density at radius 3 is 2.61 bits per heavy atom. The van der Waals surface area contributed by atoms with Gasteiger partial charge < -0.3 is 0 Å². The van der Waals surface area contributed by atoms with Crippen molar-refractivity contribution in [2.45, 2.75) is 32.2 Å². The first-order valence-electron chi connectivity index (χ1n) is 5.85. The lowest BCUT2D eigenvalue weighted by molar-refractivity contribution is 0.597. The normalized spacial score (nSPS) is 11.2. The van der Waals surface area contributed by atoms with E-state index in [0.29, 0.717) is 18.3 Å². The summed E-state index contributed by atoms with van der Waals surface area (Å²) in [5, 5.41) is 9.03. The number of hydrogen-bond donors (Lipinski definition) is 0. The summed E-state index contributed by atoms with van der Waals surface area (Å²) in [4.78, 5) is 0. The van der Waals surface area contributed by atoms with Gasteiger partial charge in [0.2, 0.25) is 0 Å². The van der Waals surface area contributed by atoms with E-state index in [1.54, 1.807) is 0 Å². The van der Waals surface area contributed by atoms with E-state index < -0.39 is 0 Å². The van der Waals surface area contributed by atoms with Gasteiger partial charge in [-0.15, -0.1) is 16.7 Å². The van der Waals surface area contributed by atoms with Gasteiger partial charge >= 0.3 is 0 Å². The van der Waals surface area contributed by atoms with Crippen LogP contribution in [0, 0.1) is 0 Å². The van der Waals surface area contributed by atoms with Crippen LogP contribution in [0.15, 0.2) is 24.3 Å². The summed E-state index contributed by atoms with van der Waals surface area (Å²) in [6.07, 6.45) is 0. The predicted octanol–water partition coefficient (Wildman–Crippen LogP) is 3.84. The lowest BCUT2D eigenvalue weighted by atomic mass is 10.1. The van der Waals surface area contributed by atoms with Gasteiger partial charge in [-0.3, -0.25) is 0 Å². The van der Waals surface area contributed by atoms with Crippen LogP contribution in [-0.4, -0.2) is 15.0 Å². The summed E-state index contributed by atoms with van der Waals surface area (Å²) in [6, 6.07) is 7.76. The number of nitrogens with zero attached hydrogens (tertiary/aromatic N) is 3. The number of aromatic nitrogens is 3. The van der Waals surface area contributed by atoms with Crippen LogP contribution < -0.4 is 0 Å². The van der Waals surface area contributed by atoms with Gasteiger partial charge in [0, 0.05) is 5.02 Å². The Kier molecular flexibility index (Phi) is 4.25. The van der Waals surface area contributed by atoms with Gasteiger partial charge in [0.1, 0.15) is 5.69 Å². The van der Waals surface area contributed by atoms with Gasteiger partial charge in [-0.2, -0.15) is 0 Å². The van der Waals surface area contributed by atoms with Gasteiger partial charge in [0.25, 0.3) is 0 Å². The average molecular weight is 284 g/mol. The Morgan fingerprint density at radius 2 is 2.00 bits per heavy atom. The highest BCUT2D eigenvalue weighted by molar-refractivity contribution is 6.31. The van der Waals surface area contributed by atoms with Crippen LogP contribution in [0.1, 0.15) is 36.7 Å². The van der Waals surface area contributed by atoms with E-state index in [4.69, 9.17) is 23.2 Å². The number of hydrogen-bond acceptors (Lipinski definition) is 2. The smallest absolute Gasteiger partial charge is 0.101 e. The third-order valence-electron chi connectivity index (χ3n) is 2.80. The molecule has 0 atom stereocenters. The Hall–Kier alpha value is -1.06. The maximum Gasteiger partial charge on any atom is 0.101 e. The number of rotatable bonds is 4. The van der Waals surface area contributed by atoms with Gasteiger partial charge in [-0.1, -0.05) is 48.9 Å². The molecule has 0 aliphatic heterocycles. The van der Waals surface area contributed by atoms with Gasteiger partial charge in [0.15, 0.2) is 0 Å². The molecule has 0 saturated carbocycles. The highest BCUT2D eigenvalue weighted by atomic mass is 35.5. The zero-order valence-electron chi connectivity index (χ0n) is 10.4. The van der Waals surface area contributed by atoms with E-state index in [1.807, 2.05) is 28.9 Å². The highest BCUT2D eigenvalue weighted by Gasteiger charge is 2.16. The van der Waals surface area contributed by atoms with Crippen LogP contribution in [-0.2, 0) is 12.4 Å². The van der Waals surface area contributed by atoms with Crippen molar-refractivity contribution in [1.82, 2.24) is 15.0 Å². The van der Waals surface area contributed by atoms with Crippen molar-refractivity contribution in [2.75, 3.05) is 0 Å². The molecule has 1 heterocycles. The van der Waals surface area contributed by atoms with E-state index in [1.165, 1.54) is 0 Å². The van der Waals surface area contributed by atoms with E-state index in [9.17, 15) is 0 Å². The molecule has 3 nitrogen and oxygen atoms in total. The standard InChI is InChI=1S/C13H15Cl2N3/c1-9(2)13-12(7-14)16-17-18(13)8-10-5-3-4-6-11(10)15/h3-6,9H,7-8H2,1-2H3. The van der Waals surface area contributed by atoms with Gasteiger partial charge in [-0.05, 0) is 17.5 Å². The molecule has 0 N–H and O–H groups in total. The van der Waals surface area contributed by atoms with Crippen LogP contribution in [0.5, 0.6) is 0 Å². The first-order chi connectivity index (χ1) is 8.63. The number of halogens is 2. The summed E-state index contributed by atoms with van der Waals surface area (Å²) in [6.45, 7) is 4.84. The molecule has 0 aliphatic rings. The molecule has 96 valence electrons. The van der Waals surface area contributed by atoms with Crippen LogP contribution >= 0.6 is 23.2 Å². The average Bonchev–Trinajstić information content (AvgIpc) is 2.75. The fourth-order valence-corrected chi connectivity index (χ4v) is 2.37. The zero-order chi connectivity index (χ0) is 13.1. The minimum atomic E-state index is 0.330. The lowest BCUT2D eigenvalue weighted by Crippen LogP contribution is -2.09. The Balaban J connectivity index is 2.35. The number of benzene rings is 1. The summed E-state index contributed by atoms with van der Waals surface area (Å²) in [5.74, 6) is 0.715. The fraction of sp³-hybridized carbons (Fsp3) is 0.385. The largest absolute Gasteiger partial charge is 0.244 e. The van der Waals surface area contributed by atoms with Crippen LogP contribution in [0.25, 0.3) is 0 Å². The second kappa shape index (κ2) is 5.72. The fourth-order valence-electron chi connectivity index (χ4n) is 1.99. The first-order valence-corrected chi connectivity index (χ1v) is 6.76. The minimum Gasteiger partial charge on any atom is -0.244 e. The van der Waals surface area contributed by atoms with Crippen molar-refractivity contribution in [1.29, 1.82) is 0 Å². The maximum atomic E-state index is 6.16. The van der Waals surface area contributed by atoms with Gasteiger partial charge in [-0.25, -0.2) is 4.68 Å². The third kappa shape index (κ3) is 2.68. The molecule has 0 radical (unpaired) electrons. The SMILES string of the molecule is CC(C)c1c(CCl)nnn1Cc1ccccc1Cl. The molecule has 2 aromatic rings. The van der Waals surface area contributed by atoms with E-state index in [0.717, 1.165) is 22.0 Å². The zero-order valence-corrected chi connectivity index (χ0v) is 11.9. The highest BCUT2D eigenvalue weighted by Crippen LogP contribution is 2.22. The predicted molar refractivity (Wildman–Crippen MR) is 74.2 cm³/mol. The molecule has 0 saturated heterocycles. The number of alkyl halides is 1. The molecule has 0 aliphatic carbocycles. The molecule has 0 spiro atoms. The van der Waals surface area contributed by atoms with Crippen molar-refractivity contribution >= 4 is 23.2 Å². The van der Waals surface area contributed by atoms with E-state index in [2.05, 4.69) is 24.2 Å².